The molecule has 2 heterocycles. The molecular weight excluding hydrogens is 182 g/mol. The fourth-order valence-corrected chi connectivity index (χ4v) is 1.60. The summed E-state index contributed by atoms with van der Waals surface area (Å²) in [6, 6.07) is 0. The molecule has 2 aliphatic rings. The molecular formula is C8H16B2O4. The van der Waals surface area contributed by atoms with Crippen molar-refractivity contribution >= 4 is 14.6 Å². The average Bonchev–Trinajstić information content (AvgIpc) is 2.54. The lowest BCUT2D eigenvalue weighted by Gasteiger charge is -2.19. The Morgan fingerprint density at radius 1 is 1.29 bits per heavy atom. The lowest BCUT2D eigenvalue weighted by Crippen LogP contribution is -2.37. The van der Waals surface area contributed by atoms with Crippen LogP contribution in [0, 0.1) is 0 Å². The molecule has 0 aliphatic carbocycles. The third kappa shape index (κ3) is 2.14. The first-order chi connectivity index (χ1) is 6.38. The van der Waals surface area contributed by atoms with Crippen LogP contribution in [0.1, 0.15) is 27.7 Å². The first kappa shape index (κ1) is 10.5. The van der Waals surface area contributed by atoms with Gasteiger partial charge in [0, 0.05) is 0 Å². The molecule has 1 unspecified atom stereocenters. The van der Waals surface area contributed by atoms with Crippen molar-refractivity contribution in [1.29, 1.82) is 0 Å². The van der Waals surface area contributed by atoms with Crippen LogP contribution in [0.15, 0.2) is 0 Å². The number of hydrogen-bond donors (Lipinski definition) is 0. The minimum absolute atomic E-state index is 0.232. The predicted molar refractivity (Wildman–Crippen MR) is 54.1 cm³/mol. The van der Waals surface area contributed by atoms with Crippen LogP contribution in [-0.4, -0.2) is 38.5 Å². The summed E-state index contributed by atoms with van der Waals surface area (Å²) in [5, 5.41) is 0. The first-order valence-electron chi connectivity index (χ1n) is 4.97. The zero-order chi connectivity index (χ0) is 10.4. The van der Waals surface area contributed by atoms with Crippen LogP contribution >= 0.6 is 0 Å². The van der Waals surface area contributed by atoms with E-state index in [0.717, 1.165) is 0 Å². The van der Waals surface area contributed by atoms with E-state index >= 15 is 0 Å². The summed E-state index contributed by atoms with van der Waals surface area (Å²) in [5.41, 5.74) is -0.464. The van der Waals surface area contributed by atoms with E-state index < -0.39 is 0 Å². The van der Waals surface area contributed by atoms with Gasteiger partial charge in [0.1, 0.15) is 0 Å². The van der Waals surface area contributed by atoms with E-state index in [-0.39, 0.29) is 24.4 Å². The highest BCUT2D eigenvalue weighted by molar-refractivity contribution is 6.48. The van der Waals surface area contributed by atoms with Gasteiger partial charge in [-0.2, -0.15) is 0 Å². The summed E-state index contributed by atoms with van der Waals surface area (Å²) < 4.78 is 22.3. The molecule has 0 N–H and O–H groups in total. The van der Waals surface area contributed by atoms with Crippen LogP contribution in [0.2, 0.25) is 0 Å². The van der Waals surface area contributed by atoms with Crippen molar-refractivity contribution in [3.8, 4) is 0 Å². The second-order valence-corrected chi connectivity index (χ2v) is 5.11. The first-order valence-corrected chi connectivity index (χ1v) is 4.97. The minimum atomic E-state index is -0.383. The summed E-state index contributed by atoms with van der Waals surface area (Å²) in [5.74, 6) is 0. The Morgan fingerprint density at radius 2 is 2.00 bits per heavy atom. The van der Waals surface area contributed by atoms with Gasteiger partial charge in [0.2, 0.25) is 0 Å². The molecule has 0 amide bonds. The van der Waals surface area contributed by atoms with Gasteiger partial charge in [-0.05, 0) is 27.7 Å². The van der Waals surface area contributed by atoms with E-state index in [0.29, 0.717) is 14.1 Å². The van der Waals surface area contributed by atoms with Crippen LogP contribution < -0.4 is 0 Å². The maximum absolute atomic E-state index is 5.65. The Balaban J connectivity index is 1.93. The molecule has 4 nitrogen and oxygen atoms in total. The van der Waals surface area contributed by atoms with Crippen molar-refractivity contribution in [2.24, 2.45) is 0 Å². The zero-order valence-electron chi connectivity index (χ0n) is 9.20. The monoisotopic (exact) mass is 198 g/mol. The molecule has 0 spiro atoms. The molecule has 14 heavy (non-hydrogen) atoms. The SMILES string of the molecule is CC1(C)BOC(B2OCC(C)(C)O2)O1. The lowest BCUT2D eigenvalue weighted by molar-refractivity contribution is -0.0451. The van der Waals surface area contributed by atoms with Crippen LogP contribution in [0.3, 0.4) is 0 Å². The fraction of sp³-hybridized carbons (Fsp3) is 1.00. The lowest BCUT2D eigenvalue weighted by atomic mass is 9.79. The van der Waals surface area contributed by atoms with Crippen LogP contribution in [0.5, 0.6) is 0 Å². The van der Waals surface area contributed by atoms with Gasteiger partial charge >= 0.3 is 14.6 Å². The largest absolute Gasteiger partial charge is 0.516 e. The number of ether oxygens (including phenoxy) is 1. The molecule has 2 fully saturated rings. The molecule has 0 aromatic carbocycles. The van der Waals surface area contributed by atoms with Gasteiger partial charge in [-0.3, -0.25) is 0 Å². The minimum Gasteiger partial charge on any atom is -0.415 e. The zero-order valence-corrected chi connectivity index (χ0v) is 9.20. The third-order valence-electron chi connectivity index (χ3n) is 2.28. The van der Waals surface area contributed by atoms with E-state index in [4.69, 9.17) is 18.7 Å². The highest BCUT2D eigenvalue weighted by atomic mass is 16.7. The Kier molecular flexibility index (Phi) is 2.42. The molecule has 0 bridgehead atoms. The summed E-state index contributed by atoms with van der Waals surface area (Å²) in [6.07, 6.45) is -0.383. The van der Waals surface area contributed by atoms with Gasteiger partial charge in [0.05, 0.1) is 17.7 Å². The van der Waals surface area contributed by atoms with Crippen LogP contribution in [-0.2, 0) is 18.7 Å². The summed E-state index contributed by atoms with van der Waals surface area (Å²) in [6.45, 7) is 8.56. The van der Waals surface area contributed by atoms with E-state index in [1.54, 1.807) is 0 Å². The van der Waals surface area contributed by atoms with Gasteiger partial charge in [-0.1, -0.05) is 0 Å². The normalized spacial score (nSPS) is 34.6. The molecule has 1 atom stereocenters. The van der Waals surface area contributed by atoms with E-state index in [1.165, 1.54) is 0 Å². The Labute approximate surface area is 85.7 Å². The van der Waals surface area contributed by atoms with Gasteiger partial charge in [0.15, 0.2) is 6.19 Å². The molecule has 0 radical (unpaired) electrons. The summed E-state index contributed by atoms with van der Waals surface area (Å²) in [7, 11) is 0.202. The quantitative estimate of drug-likeness (QED) is 0.567. The molecule has 0 saturated carbocycles. The number of hydrogen-bond acceptors (Lipinski definition) is 4. The van der Waals surface area contributed by atoms with Crippen molar-refractivity contribution in [3.05, 3.63) is 0 Å². The fourth-order valence-electron chi connectivity index (χ4n) is 1.60. The summed E-state index contributed by atoms with van der Waals surface area (Å²) >= 11 is 0. The van der Waals surface area contributed by atoms with Crippen LogP contribution in [0.4, 0.5) is 0 Å². The van der Waals surface area contributed by atoms with E-state index in [1.807, 2.05) is 27.7 Å². The van der Waals surface area contributed by atoms with Gasteiger partial charge in [0.25, 0.3) is 0 Å². The Bertz CT molecular complexity index is 207. The van der Waals surface area contributed by atoms with E-state index in [2.05, 4.69) is 0 Å². The maximum Gasteiger partial charge on any atom is 0.516 e. The second-order valence-electron chi connectivity index (χ2n) is 5.11. The predicted octanol–water partition coefficient (Wildman–Crippen LogP) is 0.300. The topological polar surface area (TPSA) is 36.9 Å². The molecule has 78 valence electrons. The Hall–Kier alpha value is -0.0301. The molecule has 2 rings (SSSR count). The van der Waals surface area contributed by atoms with Crippen molar-refractivity contribution in [2.75, 3.05) is 6.61 Å². The number of rotatable bonds is 1. The van der Waals surface area contributed by atoms with E-state index in [9.17, 15) is 0 Å². The highest BCUT2D eigenvalue weighted by Crippen LogP contribution is 2.28. The van der Waals surface area contributed by atoms with Crippen LogP contribution in [0.25, 0.3) is 0 Å². The van der Waals surface area contributed by atoms with Crippen molar-refractivity contribution in [3.63, 3.8) is 0 Å². The maximum atomic E-state index is 5.65. The van der Waals surface area contributed by atoms with Gasteiger partial charge in [-0.15, -0.1) is 0 Å². The molecule has 0 aromatic rings. The van der Waals surface area contributed by atoms with Crippen molar-refractivity contribution in [2.45, 2.75) is 45.0 Å². The van der Waals surface area contributed by atoms with Gasteiger partial charge in [-0.25, -0.2) is 0 Å². The second kappa shape index (κ2) is 3.23. The molecule has 0 aromatic heterocycles. The smallest absolute Gasteiger partial charge is 0.415 e. The molecule has 2 aliphatic heterocycles. The third-order valence-corrected chi connectivity index (χ3v) is 2.28. The van der Waals surface area contributed by atoms with Gasteiger partial charge < -0.3 is 18.7 Å². The molecule has 6 heteroatoms. The standard InChI is InChI=1S/C8H16B2O4/c1-7(2)5-11-10(14-7)6-12-8(3,4)9-13-6/h6,9H,5H2,1-4H3. The molecule has 2 saturated heterocycles. The van der Waals surface area contributed by atoms with Crippen molar-refractivity contribution < 1.29 is 18.7 Å². The Morgan fingerprint density at radius 3 is 2.43 bits per heavy atom. The summed E-state index contributed by atoms with van der Waals surface area (Å²) in [4.78, 5) is 0. The van der Waals surface area contributed by atoms with Crippen molar-refractivity contribution in [1.82, 2.24) is 0 Å². The average molecular weight is 198 g/mol. The highest BCUT2D eigenvalue weighted by Gasteiger charge is 2.49.